The molecule has 3 aromatic heterocycles. The maximum absolute atomic E-state index is 16.6. The third kappa shape index (κ3) is 5.47. The molecular formula is C27H21ClFN3O10S5+2. The molecule has 2 atom stereocenters. The second kappa shape index (κ2) is 11.7. The minimum atomic E-state index is -4.68. The Morgan fingerprint density at radius 3 is 2.60 bits per heavy atom. The van der Waals surface area contributed by atoms with Crippen molar-refractivity contribution < 1.29 is 51.2 Å². The molecule has 4 aromatic rings. The van der Waals surface area contributed by atoms with Gasteiger partial charge in [0.25, 0.3) is 15.4 Å². The maximum atomic E-state index is 16.6. The summed E-state index contributed by atoms with van der Waals surface area (Å²) in [7, 11) is -4.68. The van der Waals surface area contributed by atoms with Crippen LogP contribution in [0.25, 0.3) is 21.7 Å². The summed E-state index contributed by atoms with van der Waals surface area (Å²) in [6.07, 6.45) is 2.80. The van der Waals surface area contributed by atoms with E-state index in [9.17, 15) is 37.6 Å². The molecule has 13 nitrogen and oxygen atoms in total. The van der Waals surface area contributed by atoms with Crippen LogP contribution in [-0.4, -0.2) is 58.4 Å². The van der Waals surface area contributed by atoms with E-state index in [1.54, 1.807) is 18.2 Å². The van der Waals surface area contributed by atoms with Crippen molar-refractivity contribution in [3.63, 3.8) is 0 Å². The molecule has 3 aliphatic heterocycles. The van der Waals surface area contributed by atoms with Crippen molar-refractivity contribution in [3.05, 3.63) is 57.9 Å². The van der Waals surface area contributed by atoms with Crippen LogP contribution in [0.5, 0.6) is 11.5 Å². The molecule has 6 heterocycles. The largest absolute Gasteiger partial charge is 0.480 e. The average molecular weight is 762 g/mol. The van der Waals surface area contributed by atoms with E-state index in [-0.39, 0.29) is 34.0 Å². The Balaban J connectivity index is 1.43. The van der Waals surface area contributed by atoms with E-state index in [2.05, 4.69) is 0 Å². The predicted octanol–water partition coefficient (Wildman–Crippen LogP) is 2.89. The second-order valence-electron chi connectivity index (χ2n) is 10.7. The molecule has 1 saturated heterocycles. The molecule has 0 bridgehead atoms. The zero-order chi connectivity index (χ0) is 33.4. The van der Waals surface area contributed by atoms with Gasteiger partial charge in [-0.3, -0.25) is 18.7 Å². The number of aliphatic carboxylic acids is 2. The van der Waals surface area contributed by atoms with Crippen molar-refractivity contribution in [3.8, 4) is 11.5 Å². The lowest BCUT2D eigenvalue weighted by atomic mass is 10.2. The lowest BCUT2D eigenvalue weighted by Gasteiger charge is -2.34. The summed E-state index contributed by atoms with van der Waals surface area (Å²) >= 11 is 10.2. The fraction of sp³-hybridized carbons (Fsp3) is 0.259. The Kier molecular flexibility index (Phi) is 8.02. The van der Waals surface area contributed by atoms with Crippen molar-refractivity contribution in [1.29, 1.82) is 0 Å². The number of carboxylic acid groups (broad SMARTS) is 2. The first-order valence-electron chi connectivity index (χ1n) is 13.6. The van der Waals surface area contributed by atoms with E-state index in [1.165, 1.54) is 22.0 Å². The number of hydrogen-bond acceptors (Lipinski definition) is 11. The highest BCUT2D eigenvalue weighted by Crippen LogP contribution is 2.60. The molecule has 3 aliphatic rings. The number of hydrogen-bond donors (Lipinski definition) is 3. The third-order valence-electron chi connectivity index (χ3n) is 7.86. The Labute approximate surface area is 284 Å². The highest BCUT2D eigenvalue weighted by molar-refractivity contribution is 8.03. The van der Waals surface area contributed by atoms with Crippen LogP contribution >= 0.6 is 57.4 Å². The van der Waals surface area contributed by atoms with Crippen molar-refractivity contribution in [2.24, 2.45) is 0 Å². The third-order valence-corrected chi connectivity index (χ3v) is 14.0. The van der Waals surface area contributed by atoms with Gasteiger partial charge in [0.05, 0.1) is 22.0 Å². The number of nitrogens with zero attached hydrogens (tertiary/aromatic N) is 3. The Morgan fingerprint density at radius 1 is 1.15 bits per heavy atom. The number of thiazole rings is 2. The number of carbonyl (C=O) groups is 2. The molecule has 0 aliphatic carbocycles. The Hall–Kier alpha value is -3.30. The summed E-state index contributed by atoms with van der Waals surface area (Å²) in [5.41, 5.74) is -0.409. The Bertz CT molecular complexity index is 2360. The van der Waals surface area contributed by atoms with E-state index in [0.717, 1.165) is 45.1 Å². The minimum absolute atomic E-state index is 0.0382. The minimum Gasteiger partial charge on any atom is -0.480 e. The van der Waals surface area contributed by atoms with Crippen LogP contribution in [0.1, 0.15) is 17.8 Å². The smallest absolute Gasteiger partial charge is 0.370 e. The first kappa shape index (κ1) is 32.3. The number of thioether (sulfide) groups is 1. The first-order valence-corrected chi connectivity index (χ1v) is 18.8. The van der Waals surface area contributed by atoms with Gasteiger partial charge in [0.2, 0.25) is 23.7 Å². The standard InChI is InChI=1S/C27H19ClFN3O10S5/c28-19-7-18-26(46-19)31(10-24(35)36)21(44-18)8-20-30(9-23(33)34)25(37)17(43-20)4-12(29)27-32(3-1-2-22(32)47(38,39)40)13-5-14-15(42-11-41-14)6-16(13)45-27/h4-8,22H,1-3,9-11H2,(H-2,33,34,35,36,38,39,40)/p+2/b17-4+,27-12+. The zero-order valence-corrected chi connectivity index (χ0v) is 28.4. The lowest BCUT2D eigenvalue weighted by molar-refractivity contribution is -0.655. The lowest BCUT2D eigenvalue weighted by Crippen LogP contribution is -2.53. The fourth-order valence-electron chi connectivity index (χ4n) is 6.07. The predicted molar refractivity (Wildman–Crippen MR) is 174 cm³/mol. The molecule has 1 fully saturated rings. The number of thiophene rings is 1. The molecule has 0 saturated carbocycles. The van der Waals surface area contributed by atoms with Gasteiger partial charge in [-0.1, -0.05) is 34.3 Å². The van der Waals surface area contributed by atoms with Gasteiger partial charge in [-0.05, 0) is 17.8 Å². The van der Waals surface area contributed by atoms with Crippen molar-refractivity contribution in [2.45, 2.75) is 36.2 Å². The number of carboxylic acids is 2. The number of allylic oxidation sites excluding steroid dienone is 1. The van der Waals surface area contributed by atoms with Crippen molar-refractivity contribution >= 4 is 107 Å². The summed E-state index contributed by atoms with van der Waals surface area (Å²) in [6.45, 7) is -1.09. The SMILES string of the molecule is O=C(O)Cn1c(=Cc2sc3cc(Cl)sc3[n+]2CC(=O)O)s/c(=C/C(F)=C2\Sc3cc4c(cc3[N+]23CCCC3S(=O)(=O)O)OCO4)c1=O. The Morgan fingerprint density at radius 2 is 1.89 bits per heavy atom. The highest BCUT2D eigenvalue weighted by Gasteiger charge is 2.59. The van der Waals surface area contributed by atoms with Crippen LogP contribution in [0, 0.1) is 0 Å². The summed E-state index contributed by atoms with van der Waals surface area (Å²) in [5.74, 6) is -2.67. The summed E-state index contributed by atoms with van der Waals surface area (Å²) < 4.78 is 66.1. The fourth-order valence-corrected chi connectivity index (χ4v) is 12.4. The van der Waals surface area contributed by atoms with Crippen molar-refractivity contribution in [2.75, 3.05) is 13.3 Å². The number of fused-ring (bicyclic) bond motifs is 4. The number of benzene rings is 1. The van der Waals surface area contributed by atoms with Gasteiger partial charge >= 0.3 is 22.1 Å². The molecule has 2 unspecified atom stereocenters. The van der Waals surface area contributed by atoms with Gasteiger partial charge in [0.1, 0.15) is 20.2 Å². The van der Waals surface area contributed by atoms with E-state index in [1.807, 2.05) is 0 Å². The molecule has 0 amide bonds. The number of aromatic nitrogens is 2. The molecule has 0 radical (unpaired) electrons. The van der Waals surface area contributed by atoms with Crippen LogP contribution < -0.4 is 33.3 Å². The summed E-state index contributed by atoms with van der Waals surface area (Å²) in [6, 6.07) is 4.87. The van der Waals surface area contributed by atoms with E-state index in [4.69, 9.17) is 21.1 Å². The quantitative estimate of drug-likeness (QED) is 0.144. The zero-order valence-electron chi connectivity index (χ0n) is 23.5. The van der Waals surface area contributed by atoms with Gasteiger partial charge in [-0.25, -0.2) is 9.28 Å². The summed E-state index contributed by atoms with van der Waals surface area (Å²) in [5, 5.41) is 18.0. The molecule has 3 N–H and O–H groups in total. The monoisotopic (exact) mass is 761 g/mol. The number of rotatable bonds is 7. The summed E-state index contributed by atoms with van der Waals surface area (Å²) in [4.78, 5) is 38.1. The molecule has 1 spiro atoms. The first-order chi connectivity index (χ1) is 22.3. The van der Waals surface area contributed by atoms with Crippen LogP contribution in [0.15, 0.2) is 38.7 Å². The number of ether oxygens (including phenoxy) is 2. The van der Waals surface area contributed by atoms with Gasteiger partial charge in [-0.15, -0.1) is 11.3 Å². The van der Waals surface area contributed by atoms with E-state index < -0.39 is 56.4 Å². The van der Waals surface area contributed by atoms with Crippen LogP contribution in [-0.2, 0) is 32.8 Å². The van der Waals surface area contributed by atoms with E-state index >= 15 is 4.39 Å². The van der Waals surface area contributed by atoms with Gasteiger partial charge < -0.3 is 19.7 Å². The number of quaternary nitrogens is 1. The van der Waals surface area contributed by atoms with Gasteiger partial charge in [0, 0.05) is 31.1 Å². The average Bonchev–Trinajstić information content (AvgIpc) is 3.82. The second-order valence-corrected chi connectivity index (χ2v) is 17.0. The normalized spacial score (nSPS) is 22.1. The number of halogens is 2. The molecule has 7 rings (SSSR count). The van der Waals surface area contributed by atoms with Crippen LogP contribution in [0.4, 0.5) is 10.1 Å². The van der Waals surface area contributed by atoms with Crippen molar-refractivity contribution in [1.82, 2.24) is 9.05 Å². The maximum Gasteiger partial charge on any atom is 0.370 e. The van der Waals surface area contributed by atoms with Crippen LogP contribution in [0.2, 0.25) is 4.34 Å². The molecule has 20 heteroatoms. The molecule has 47 heavy (non-hydrogen) atoms. The molecule has 246 valence electrons. The highest BCUT2D eigenvalue weighted by atomic mass is 35.5. The molecular weight excluding hydrogens is 741 g/mol. The topological polar surface area (TPSA) is 173 Å². The van der Waals surface area contributed by atoms with Gasteiger partial charge in [-0.2, -0.15) is 17.4 Å². The van der Waals surface area contributed by atoms with Gasteiger partial charge in [0.15, 0.2) is 23.0 Å². The van der Waals surface area contributed by atoms with E-state index in [0.29, 0.717) is 47.4 Å². The van der Waals surface area contributed by atoms with Crippen LogP contribution in [0.3, 0.4) is 0 Å². The molecule has 1 aromatic carbocycles.